The van der Waals surface area contributed by atoms with Crippen molar-refractivity contribution in [2.75, 3.05) is 7.11 Å². The number of nitrogens with zero attached hydrogens (tertiary/aromatic N) is 1. The Bertz CT molecular complexity index is 1500. The molecule has 1 aliphatic heterocycles. The zero-order valence-electron chi connectivity index (χ0n) is 20.5. The van der Waals surface area contributed by atoms with E-state index in [4.69, 9.17) is 4.74 Å². The van der Waals surface area contributed by atoms with Gasteiger partial charge in [0, 0.05) is 23.1 Å². The van der Waals surface area contributed by atoms with Crippen molar-refractivity contribution in [3.05, 3.63) is 93.0 Å². The lowest BCUT2D eigenvalue weighted by atomic mass is 9.59. The Morgan fingerprint density at radius 1 is 1.03 bits per heavy atom. The Morgan fingerprint density at radius 3 is 2.50 bits per heavy atom. The highest BCUT2D eigenvalue weighted by Crippen LogP contribution is 2.55. The highest BCUT2D eigenvalue weighted by atomic mass is 79.9. The summed E-state index contributed by atoms with van der Waals surface area (Å²) in [5.41, 5.74) is 3.04. The first kappa shape index (κ1) is 24.6. The molecular weight excluding hydrogens is 550 g/mol. The minimum absolute atomic E-state index is 0.0870. The second-order valence-electron chi connectivity index (χ2n) is 10.1. The summed E-state index contributed by atoms with van der Waals surface area (Å²) >= 11 is 3.23. The van der Waals surface area contributed by atoms with E-state index >= 15 is 0 Å². The molecule has 4 atom stereocenters. The van der Waals surface area contributed by atoms with Crippen LogP contribution in [0.15, 0.2) is 81.9 Å². The predicted molar refractivity (Wildman–Crippen MR) is 141 cm³/mol. The van der Waals surface area contributed by atoms with Crippen LogP contribution in [0, 0.1) is 17.8 Å². The van der Waals surface area contributed by atoms with Crippen molar-refractivity contribution in [1.29, 1.82) is 0 Å². The third kappa shape index (κ3) is 3.69. The van der Waals surface area contributed by atoms with Crippen LogP contribution >= 0.6 is 15.9 Å². The standard InChI is InChI=1S/C30H24BrNO6/c1-38-24-10-7-16(11-22(24)33)25-17-8-9-18-26(19(17)12-20-27(25)23(34)13-21(31)28(20)35)30(37)32(29(18)36)14-15-5-3-2-4-6-15/h2-8,10-11,13,18-19,25-26,33H,9,12,14H2,1H3/t18-,19+,25-,26-/m0/s1. The maximum atomic E-state index is 13.8. The van der Waals surface area contributed by atoms with E-state index in [9.17, 15) is 24.3 Å². The van der Waals surface area contributed by atoms with E-state index in [1.54, 1.807) is 12.1 Å². The smallest absolute Gasteiger partial charge is 0.234 e. The molecule has 2 aromatic rings. The van der Waals surface area contributed by atoms with Crippen LogP contribution in [0.25, 0.3) is 0 Å². The molecule has 1 saturated heterocycles. The molecular formula is C30H24BrNO6. The molecule has 4 aliphatic rings. The van der Waals surface area contributed by atoms with E-state index in [2.05, 4.69) is 15.9 Å². The van der Waals surface area contributed by atoms with Gasteiger partial charge in [-0.05, 0) is 57.9 Å². The number of methoxy groups -OCH3 is 1. The maximum Gasteiger partial charge on any atom is 0.234 e. The quantitative estimate of drug-likeness (QED) is 0.331. The van der Waals surface area contributed by atoms with Gasteiger partial charge in [0.2, 0.25) is 11.8 Å². The van der Waals surface area contributed by atoms with Gasteiger partial charge in [-0.1, -0.05) is 48.0 Å². The van der Waals surface area contributed by atoms with Crippen LogP contribution in [0.5, 0.6) is 11.5 Å². The third-order valence-corrected chi connectivity index (χ3v) is 8.73. The van der Waals surface area contributed by atoms with Crippen molar-refractivity contribution in [3.8, 4) is 11.5 Å². The van der Waals surface area contributed by atoms with E-state index in [0.717, 1.165) is 11.1 Å². The van der Waals surface area contributed by atoms with E-state index in [-0.39, 0.29) is 52.3 Å². The molecule has 2 aromatic carbocycles. The average molecular weight is 574 g/mol. The number of phenolic OH excluding ortho intramolecular Hbond substituents is 1. The van der Waals surface area contributed by atoms with E-state index < -0.39 is 23.7 Å². The number of aromatic hydroxyl groups is 1. The number of carbonyl (C=O) groups is 4. The number of carbonyl (C=O) groups excluding carboxylic acids is 4. The molecule has 0 radical (unpaired) electrons. The number of imide groups is 1. The zero-order valence-corrected chi connectivity index (χ0v) is 22.1. The van der Waals surface area contributed by atoms with Gasteiger partial charge >= 0.3 is 0 Å². The highest BCUT2D eigenvalue weighted by Gasteiger charge is 2.56. The average Bonchev–Trinajstić information content (AvgIpc) is 3.16. The molecule has 0 unspecified atom stereocenters. The third-order valence-electron chi connectivity index (χ3n) is 8.14. The van der Waals surface area contributed by atoms with Gasteiger partial charge in [0.25, 0.3) is 0 Å². The maximum absolute atomic E-state index is 13.8. The SMILES string of the molecule is COc1ccc([C@H]2C3=CC[C@@H]4C(=O)N(Cc5ccccc5)C(=O)[C@@H]4[C@@H]3CC3=C2C(=O)C=C(Br)C3=O)cc1O. The Morgan fingerprint density at radius 2 is 1.79 bits per heavy atom. The van der Waals surface area contributed by atoms with E-state index in [0.29, 0.717) is 23.1 Å². The summed E-state index contributed by atoms with van der Waals surface area (Å²) in [6, 6.07) is 14.3. The Hall–Kier alpha value is -3.78. The predicted octanol–water partition coefficient (Wildman–Crippen LogP) is 4.36. The monoisotopic (exact) mass is 573 g/mol. The van der Waals surface area contributed by atoms with Gasteiger partial charge in [0.1, 0.15) is 0 Å². The first-order valence-electron chi connectivity index (χ1n) is 12.5. The first-order chi connectivity index (χ1) is 18.3. The largest absolute Gasteiger partial charge is 0.504 e. The van der Waals surface area contributed by atoms with Crippen molar-refractivity contribution in [3.63, 3.8) is 0 Å². The lowest BCUT2D eigenvalue weighted by Crippen LogP contribution is -2.39. The second kappa shape index (κ2) is 9.20. The van der Waals surface area contributed by atoms with Crippen LogP contribution in [-0.2, 0) is 25.7 Å². The normalized spacial score (nSPS) is 26.5. The molecule has 0 spiro atoms. The molecule has 8 heteroatoms. The highest BCUT2D eigenvalue weighted by molar-refractivity contribution is 9.12. The minimum Gasteiger partial charge on any atom is -0.504 e. The van der Waals surface area contributed by atoms with Gasteiger partial charge in [0.05, 0.1) is 30.0 Å². The number of likely N-dealkylation sites (tertiary alicyclic amines) is 1. The molecule has 192 valence electrons. The van der Waals surface area contributed by atoms with Crippen LogP contribution in [0.1, 0.15) is 29.9 Å². The van der Waals surface area contributed by atoms with Crippen molar-refractivity contribution < 1.29 is 29.0 Å². The summed E-state index contributed by atoms with van der Waals surface area (Å²) in [7, 11) is 1.45. The number of allylic oxidation sites excluding steroid dienone is 6. The van der Waals surface area contributed by atoms with E-state index in [1.165, 1.54) is 24.2 Å². The zero-order chi connectivity index (χ0) is 26.7. The van der Waals surface area contributed by atoms with Crippen LogP contribution in [0.2, 0.25) is 0 Å². The summed E-state index contributed by atoms with van der Waals surface area (Å²) in [5, 5.41) is 10.5. The molecule has 2 amide bonds. The van der Waals surface area contributed by atoms with Gasteiger partial charge in [-0.25, -0.2) is 0 Å². The number of ketones is 2. The van der Waals surface area contributed by atoms with Crippen LogP contribution < -0.4 is 4.74 Å². The van der Waals surface area contributed by atoms with Gasteiger partial charge < -0.3 is 9.84 Å². The molecule has 1 heterocycles. The fraction of sp³-hybridized carbons (Fsp3) is 0.267. The molecule has 0 saturated carbocycles. The molecule has 6 rings (SSSR count). The number of ether oxygens (including phenoxy) is 1. The Labute approximate surface area is 227 Å². The molecule has 0 aromatic heterocycles. The lowest BCUT2D eigenvalue weighted by molar-refractivity contribution is -0.140. The van der Waals surface area contributed by atoms with E-state index in [1.807, 2.05) is 36.4 Å². The van der Waals surface area contributed by atoms with Crippen molar-refractivity contribution in [2.24, 2.45) is 17.8 Å². The summed E-state index contributed by atoms with van der Waals surface area (Å²) < 4.78 is 5.37. The fourth-order valence-corrected chi connectivity index (χ4v) is 6.91. The Kier molecular flexibility index (Phi) is 5.94. The number of rotatable bonds is 4. The van der Waals surface area contributed by atoms with Gasteiger partial charge in [0.15, 0.2) is 23.1 Å². The van der Waals surface area contributed by atoms with Gasteiger partial charge in [-0.2, -0.15) is 0 Å². The minimum atomic E-state index is -0.624. The van der Waals surface area contributed by atoms with Crippen LogP contribution in [-0.4, -0.2) is 40.5 Å². The second-order valence-corrected chi connectivity index (χ2v) is 10.9. The number of hydrogen-bond donors (Lipinski definition) is 1. The van der Waals surface area contributed by atoms with Crippen LogP contribution in [0.4, 0.5) is 0 Å². The Balaban J connectivity index is 1.45. The van der Waals surface area contributed by atoms with Crippen molar-refractivity contribution >= 4 is 39.3 Å². The fourth-order valence-electron chi connectivity index (χ4n) is 6.46. The summed E-state index contributed by atoms with van der Waals surface area (Å²) in [5.74, 6) is -3.01. The lowest BCUT2D eigenvalue weighted by Gasteiger charge is -2.42. The molecule has 1 fully saturated rings. The number of Topliss-reactive ketones (excluding diaryl/α,β-unsaturated/α-hetero) is 1. The number of benzene rings is 2. The molecule has 38 heavy (non-hydrogen) atoms. The molecule has 0 bridgehead atoms. The number of phenols is 1. The number of amides is 2. The molecule has 7 nitrogen and oxygen atoms in total. The number of hydrogen-bond acceptors (Lipinski definition) is 6. The number of halogens is 1. The summed E-state index contributed by atoms with van der Waals surface area (Å²) in [4.78, 5) is 55.1. The van der Waals surface area contributed by atoms with Crippen molar-refractivity contribution in [2.45, 2.75) is 25.3 Å². The van der Waals surface area contributed by atoms with Gasteiger partial charge in [-0.15, -0.1) is 0 Å². The summed E-state index contributed by atoms with van der Waals surface area (Å²) in [6.07, 6.45) is 3.82. The molecule has 3 aliphatic carbocycles. The van der Waals surface area contributed by atoms with Crippen LogP contribution in [0.3, 0.4) is 0 Å². The first-order valence-corrected chi connectivity index (χ1v) is 13.2. The van der Waals surface area contributed by atoms with Gasteiger partial charge in [-0.3, -0.25) is 24.1 Å². The topological polar surface area (TPSA) is 101 Å². The summed E-state index contributed by atoms with van der Waals surface area (Å²) in [6.45, 7) is 0.197. The number of fused-ring (bicyclic) bond motifs is 3. The van der Waals surface area contributed by atoms with Crippen molar-refractivity contribution in [1.82, 2.24) is 4.90 Å². The molecule has 1 N–H and O–H groups in total.